The number of nitrogens with zero attached hydrogens (tertiary/aromatic N) is 2. The number of benzene rings is 2. The predicted octanol–water partition coefficient (Wildman–Crippen LogP) is 2.80. The average molecular weight is 480 g/mol. The molecule has 0 aliphatic carbocycles. The zero-order valence-corrected chi connectivity index (χ0v) is 19.3. The van der Waals surface area contributed by atoms with Crippen LogP contribution < -0.4 is 19.5 Å². The summed E-state index contributed by atoms with van der Waals surface area (Å²) in [5, 5.41) is 14.0. The number of carbonyl (C=O) groups excluding carboxylic acids is 1. The van der Waals surface area contributed by atoms with E-state index in [4.69, 9.17) is 14.2 Å². The number of amides is 1. The molecule has 0 aromatic heterocycles. The van der Waals surface area contributed by atoms with Crippen LogP contribution in [0.2, 0.25) is 0 Å². The summed E-state index contributed by atoms with van der Waals surface area (Å²) in [6, 6.07) is 7.24. The van der Waals surface area contributed by atoms with Gasteiger partial charge in [-0.25, -0.2) is 8.42 Å². The van der Waals surface area contributed by atoms with Gasteiger partial charge in [0.25, 0.3) is 5.69 Å². The fourth-order valence-electron chi connectivity index (χ4n) is 3.64. The lowest BCUT2D eigenvalue weighted by atomic mass is 10.2. The third-order valence-electron chi connectivity index (χ3n) is 5.20. The minimum Gasteiger partial charge on any atom is -0.494 e. The Kier molecular flexibility index (Phi) is 7.39. The van der Waals surface area contributed by atoms with E-state index in [1.165, 1.54) is 50.6 Å². The molecule has 0 spiro atoms. The fraction of sp³-hybridized carbons (Fsp3) is 0.381. The molecule has 1 atom stereocenters. The minimum atomic E-state index is -4.04. The molecule has 1 saturated heterocycles. The maximum Gasteiger partial charge on any atom is 0.296 e. The number of nitro groups is 1. The van der Waals surface area contributed by atoms with E-state index in [0.717, 1.165) is 4.31 Å². The van der Waals surface area contributed by atoms with E-state index in [2.05, 4.69) is 5.32 Å². The average Bonchev–Trinajstić information content (AvgIpc) is 3.30. The van der Waals surface area contributed by atoms with E-state index in [1.54, 1.807) is 6.92 Å². The van der Waals surface area contributed by atoms with Gasteiger partial charge in [0.2, 0.25) is 15.9 Å². The maximum atomic E-state index is 13.3. The second kappa shape index (κ2) is 10.0. The summed E-state index contributed by atoms with van der Waals surface area (Å²) in [5.41, 5.74) is -0.384. The Labute approximate surface area is 191 Å². The molecule has 178 valence electrons. The standard InChI is InChI=1S/C21H25N3O8S/c1-4-32-14-7-9-16(18(12-14)24(26)27)22-21(25)17-6-5-11-23(17)33(28,29)15-8-10-19(30-2)20(13-15)31-3/h7-10,12-13,17H,4-6,11H2,1-3H3,(H,22,25). The number of ether oxygens (including phenoxy) is 3. The summed E-state index contributed by atoms with van der Waals surface area (Å²) < 4.78 is 43.3. The van der Waals surface area contributed by atoms with Gasteiger partial charge >= 0.3 is 0 Å². The highest BCUT2D eigenvalue weighted by molar-refractivity contribution is 7.89. The number of methoxy groups -OCH3 is 2. The van der Waals surface area contributed by atoms with Crippen molar-refractivity contribution in [1.29, 1.82) is 0 Å². The van der Waals surface area contributed by atoms with E-state index in [-0.39, 0.29) is 35.0 Å². The van der Waals surface area contributed by atoms with Crippen LogP contribution in [-0.2, 0) is 14.8 Å². The number of anilines is 1. The van der Waals surface area contributed by atoms with Gasteiger partial charge in [0.15, 0.2) is 11.5 Å². The van der Waals surface area contributed by atoms with E-state index < -0.39 is 26.9 Å². The summed E-state index contributed by atoms with van der Waals surface area (Å²) >= 11 is 0. The van der Waals surface area contributed by atoms with Crippen molar-refractivity contribution in [3.8, 4) is 17.2 Å². The summed E-state index contributed by atoms with van der Waals surface area (Å²) in [6.07, 6.45) is 0.749. The van der Waals surface area contributed by atoms with Crippen LogP contribution in [0.1, 0.15) is 19.8 Å². The first-order chi connectivity index (χ1) is 15.7. The zero-order valence-electron chi connectivity index (χ0n) is 18.4. The van der Waals surface area contributed by atoms with E-state index >= 15 is 0 Å². The molecule has 1 unspecified atom stereocenters. The molecular formula is C21H25N3O8S. The van der Waals surface area contributed by atoms with Crippen LogP contribution in [0, 0.1) is 10.1 Å². The molecule has 33 heavy (non-hydrogen) atoms. The van der Waals surface area contributed by atoms with Gasteiger partial charge in [0.1, 0.15) is 17.5 Å². The zero-order chi connectivity index (χ0) is 24.2. The van der Waals surface area contributed by atoms with Gasteiger partial charge in [-0.15, -0.1) is 0 Å². The van der Waals surface area contributed by atoms with Crippen LogP contribution in [0.4, 0.5) is 11.4 Å². The molecular weight excluding hydrogens is 454 g/mol. The van der Waals surface area contributed by atoms with Gasteiger partial charge in [-0.05, 0) is 44.0 Å². The lowest BCUT2D eigenvalue weighted by Crippen LogP contribution is -2.43. The van der Waals surface area contributed by atoms with Crippen LogP contribution in [0.3, 0.4) is 0 Å². The highest BCUT2D eigenvalue weighted by Gasteiger charge is 2.40. The molecule has 3 rings (SSSR count). The summed E-state index contributed by atoms with van der Waals surface area (Å²) in [6.45, 7) is 2.21. The Hall–Kier alpha value is -3.38. The first-order valence-electron chi connectivity index (χ1n) is 10.2. The molecule has 0 saturated carbocycles. The topological polar surface area (TPSA) is 137 Å². The van der Waals surface area contributed by atoms with Crippen molar-refractivity contribution in [2.75, 3.05) is 32.7 Å². The number of nitro benzene ring substituents is 1. The van der Waals surface area contributed by atoms with Crippen molar-refractivity contribution >= 4 is 27.3 Å². The monoisotopic (exact) mass is 479 g/mol. The Morgan fingerprint density at radius 1 is 1.18 bits per heavy atom. The quantitative estimate of drug-likeness (QED) is 0.428. The summed E-state index contributed by atoms with van der Waals surface area (Å²) in [4.78, 5) is 23.8. The molecule has 2 aromatic carbocycles. The van der Waals surface area contributed by atoms with Crippen LogP contribution >= 0.6 is 0 Å². The number of hydrogen-bond donors (Lipinski definition) is 1. The number of carbonyl (C=O) groups is 1. The molecule has 1 amide bonds. The van der Waals surface area contributed by atoms with E-state index in [9.17, 15) is 23.3 Å². The van der Waals surface area contributed by atoms with Gasteiger partial charge in [0.05, 0.1) is 36.7 Å². The highest BCUT2D eigenvalue weighted by Crippen LogP contribution is 2.34. The third kappa shape index (κ3) is 5.01. The van der Waals surface area contributed by atoms with Crippen LogP contribution in [0.25, 0.3) is 0 Å². The first-order valence-corrected chi connectivity index (χ1v) is 11.6. The number of hydrogen-bond acceptors (Lipinski definition) is 8. The Morgan fingerprint density at radius 3 is 2.55 bits per heavy atom. The van der Waals surface area contributed by atoms with Crippen molar-refractivity contribution in [2.45, 2.75) is 30.7 Å². The Morgan fingerprint density at radius 2 is 1.91 bits per heavy atom. The third-order valence-corrected chi connectivity index (χ3v) is 7.11. The van der Waals surface area contributed by atoms with Gasteiger partial charge in [-0.1, -0.05) is 0 Å². The molecule has 0 bridgehead atoms. The lowest BCUT2D eigenvalue weighted by molar-refractivity contribution is -0.384. The number of rotatable bonds is 9. The van der Waals surface area contributed by atoms with Crippen molar-refractivity contribution < 1.29 is 32.3 Å². The number of sulfonamides is 1. The largest absolute Gasteiger partial charge is 0.494 e. The normalized spacial score (nSPS) is 16.3. The van der Waals surface area contributed by atoms with Gasteiger partial charge in [0, 0.05) is 12.6 Å². The second-order valence-corrected chi connectivity index (χ2v) is 9.04. The molecule has 11 nitrogen and oxygen atoms in total. The molecule has 2 aromatic rings. The summed E-state index contributed by atoms with van der Waals surface area (Å²) in [7, 11) is -1.21. The molecule has 1 aliphatic rings. The maximum absolute atomic E-state index is 13.3. The van der Waals surface area contributed by atoms with E-state index in [1.807, 2.05) is 0 Å². The van der Waals surface area contributed by atoms with Gasteiger partial charge < -0.3 is 19.5 Å². The van der Waals surface area contributed by atoms with Crippen molar-refractivity contribution in [2.24, 2.45) is 0 Å². The lowest BCUT2D eigenvalue weighted by Gasteiger charge is -2.24. The second-order valence-electron chi connectivity index (χ2n) is 7.15. The Bertz CT molecular complexity index is 1150. The van der Waals surface area contributed by atoms with Gasteiger partial charge in [-0.3, -0.25) is 14.9 Å². The van der Waals surface area contributed by atoms with Crippen LogP contribution in [0.5, 0.6) is 17.2 Å². The van der Waals surface area contributed by atoms with Crippen molar-refractivity contribution in [3.63, 3.8) is 0 Å². The molecule has 0 radical (unpaired) electrons. The van der Waals surface area contributed by atoms with E-state index in [0.29, 0.717) is 24.5 Å². The number of nitrogens with one attached hydrogen (secondary N) is 1. The fourth-order valence-corrected chi connectivity index (χ4v) is 5.32. The van der Waals surface area contributed by atoms with Crippen molar-refractivity contribution in [1.82, 2.24) is 4.31 Å². The predicted molar refractivity (Wildman–Crippen MR) is 119 cm³/mol. The molecule has 1 aliphatic heterocycles. The highest BCUT2D eigenvalue weighted by atomic mass is 32.2. The summed E-state index contributed by atoms with van der Waals surface area (Å²) in [5.74, 6) is 0.253. The first kappa shape index (κ1) is 24.3. The molecule has 1 fully saturated rings. The Balaban J connectivity index is 1.87. The minimum absolute atomic E-state index is 0.0381. The molecule has 1 heterocycles. The SMILES string of the molecule is CCOc1ccc(NC(=O)C2CCCN2S(=O)(=O)c2ccc(OC)c(OC)c2)c([N+](=O)[O-])c1. The van der Waals surface area contributed by atoms with Crippen molar-refractivity contribution in [3.05, 3.63) is 46.5 Å². The van der Waals surface area contributed by atoms with Crippen LogP contribution in [0.15, 0.2) is 41.3 Å². The van der Waals surface area contributed by atoms with Crippen LogP contribution in [-0.4, -0.2) is 57.0 Å². The van der Waals surface area contributed by atoms with Gasteiger partial charge in [-0.2, -0.15) is 4.31 Å². The molecule has 1 N–H and O–H groups in total. The molecule has 12 heteroatoms. The smallest absolute Gasteiger partial charge is 0.296 e.